The van der Waals surface area contributed by atoms with Gasteiger partial charge >= 0.3 is 0 Å². The van der Waals surface area contributed by atoms with Gasteiger partial charge in [0, 0.05) is 18.7 Å². The first kappa shape index (κ1) is 36.0. The summed E-state index contributed by atoms with van der Waals surface area (Å²) in [5.74, 6) is -1.29. The fraction of sp³-hybridized carbons (Fsp3) is 0.270. The van der Waals surface area contributed by atoms with Crippen LogP contribution >= 0.6 is 0 Å². The Morgan fingerprint density at radius 3 is 1.83 bits per heavy atom. The Morgan fingerprint density at radius 2 is 1.23 bits per heavy atom. The van der Waals surface area contributed by atoms with Gasteiger partial charge in [-0.2, -0.15) is 0 Å². The summed E-state index contributed by atoms with van der Waals surface area (Å²) in [7, 11) is -3.89. The van der Waals surface area contributed by atoms with Crippen LogP contribution in [0, 0.1) is 5.41 Å². The van der Waals surface area contributed by atoms with Gasteiger partial charge in [0.25, 0.3) is 0 Å². The molecule has 0 saturated carbocycles. The minimum absolute atomic E-state index is 0.0504. The first-order chi connectivity index (χ1) is 23.1. The number of aryl methyl sites for hydroxylation is 2. The van der Waals surface area contributed by atoms with Crippen molar-refractivity contribution < 1.29 is 18.0 Å². The molecule has 0 fully saturated rings. The predicted octanol–water partition coefficient (Wildman–Crippen LogP) is 3.67. The van der Waals surface area contributed by atoms with Crippen molar-refractivity contribution >= 4 is 27.7 Å². The van der Waals surface area contributed by atoms with Crippen molar-refractivity contribution in [3.63, 3.8) is 0 Å². The molecule has 0 aromatic heterocycles. The maximum Gasteiger partial charge on any atom is 0.242 e. The number of hydrogen-bond donors (Lipinski definition) is 6. The summed E-state index contributed by atoms with van der Waals surface area (Å²) in [5, 5.41) is 13.3. The summed E-state index contributed by atoms with van der Waals surface area (Å²) in [4.78, 5) is 27.4. The standard InChI is InChI=1S/C37H44N6O4S/c38-24-29-16-14-28(15-17-29)20-23-33(36(44)41-25-30-18-21-32(22-19-30)35(39)40)42-37(45)34(13-7-12-27-8-3-1-4-9-27)43-48(46,47)26-31-10-5-2-6-11-31/h1-6,8-11,14-19,21-22,33-34,43H,7,12-13,20,23-26,38H2,(H3,39,40)(H,41,44)(H,42,45). The lowest BCUT2D eigenvalue weighted by atomic mass is 10.0. The van der Waals surface area contributed by atoms with Crippen molar-refractivity contribution in [2.24, 2.45) is 11.5 Å². The number of nitrogen functional groups attached to an aromatic ring is 1. The Bertz CT molecular complexity index is 1730. The highest BCUT2D eigenvalue weighted by Gasteiger charge is 2.28. The number of nitrogens with one attached hydrogen (secondary N) is 4. The number of amides is 2. The summed E-state index contributed by atoms with van der Waals surface area (Å²) in [6.45, 7) is 0.611. The number of nitrogens with two attached hydrogens (primary N) is 2. The first-order valence-electron chi connectivity index (χ1n) is 16.0. The van der Waals surface area contributed by atoms with Crippen LogP contribution in [0.2, 0.25) is 0 Å². The van der Waals surface area contributed by atoms with Crippen LogP contribution in [0.25, 0.3) is 0 Å². The third-order valence-electron chi connectivity index (χ3n) is 7.98. The summed E-state index contributed by atoms with van der Waals surface area (Å²) in [6, 6.07) is 31.2. The van der Waals surface area contributed by atoms with Gasteiger partial charge in [0.05, 0.1) is 5.75 Å². The lowest BCUT2D eigenvalue weighted by Crippen LogP contribution is -2.53. The van der Waals surface area contributed by atoms with E-state index < -0.39 is 33.9 Å². The summed E-state index contributed by atoms with van der Waals surface area (Å²) >= 11 is 0. The van der Waals surface area contributed by atoms with Gasteiger partial charge in [-0.25, -0.2) is 13.1 Å². The molecule has 4 aromatic carbocycles. The van der Waals surface area contributed by atoms with Crippen LogP contribution in [0.1, 0.15) is 52.6 Å². The van der Waals surface area contributed by atoms with Gasteiger partial charge < -0.3 is 22.1 Å². The quantitative estimate of drug-likeness (QED) is 0.0695. The Hall–Kier alpha value is -4.84. The highest BCUT2D eigenvalue weighted by molar-refractivity contribution is 7.88. The Labute approximate surface area is 282 Å². The van der Waals surface area contributed by atoms with Gasteiger partial charge in [0.1, 0.15) is 17.9 Å². The van der Waals surface area contributed by atoms with Crippen LogP contribution in [0.3, 0.4) is 0 Å². The molecule has 0 radical (unpaired) electrons. The Morgan fingerprint density at radius 1 is 0.667 bits per heavy atom. The van der Waals surface area contributed by atoms with Crippen molar-refractivity contribution in [3.8, 4) is 0 Å². The fourth-order valence-electron chi connectivity index (χ4n) is 5.26. The molecule has 48 heavy (non-hydrogen) atoms. The lowest BCUT2D eigenvalue weighted by Gasteiger charge is -2.23. The Kier molecular flexibility index (Phi) is 13.4. The van der Waals surface area contributed by atoms with Crippen LogP contribution in [-0.4, -0.2) is 38.2 Å². The van der Waals surface area contributed by atoms with Crippen LogP contribution in [0.15, 0.2) is 109 Å². The van der Waals surface area contributed by atoms with Crippen molar-refractivity contribution in [1.82, 2.24) is 15.4 Å². The SMILES string of the molecule is N=C(N)c1ccc(CNC(=O)C(CCc2ccc(CN)cc2)NC(=O)C(CCCc2ccccc2)NS(=O)(=O)Cc2ccccc2)cc1. The van der Waals surface area contributed by atoms with E-state index in [1.165, 1.54) is 0 Å². The second kappa shape index (κ2) is 17.9. The average molecular weight is 669 g/mol. The van der Waals surface area contributed by atoms with E-state index in [0.717, 1.165) is 22.3 Å². The highest BCUT2D eigenvalue weighted by atomic mass is 32.2. The van der Waals surface area contributed by atoms with Gasteiger partial charge in [0.2, 0.25) is 21.8 Å². The maximum absolute atomic E-state index is 13.8. The van der Waals surface area contributed by atoms with E-state index >= 15 is 0 Å². The molecule has 0 heterocycles. The topological polar surface area (TPSA) is 180 Å². The fourth-order valence-corrected chi connectivity index (χ4v) is 6.63. The monoisotopic (exact) mass is 668 g/mol. The second-order valence-electron chi connectivity index (χ2n) is 11.7. The van der Waals surface area contributed by atoms with Crippen molar-refractivity contribution in [2.75, 3.05) is 0 Å². The zero-order valence-corrected chi connectivity index (χ0v) is 27.7. The molecule has 2 atom stereocenters. The first-order valence-corrected chi connectivity index (χ1v) is 17.6. The molecule has 0 bridgehead atoms. The van der Waals surface area contributed by atoms with Crippen molar-refractivity contribution in [3.05, 3.63) is 143 Å². The predicted molar refractivity (Wildman–Crippen MR) is 189 cm³/mol. The third-order valence-corrected chi connectivity index (χ3v) is 9.34. The summed E-state index contributed by atoms with van der Waals surface area (Å²) in [5.41, 5.74) is 16.3. The zero-order valence-electron chi connectivity index (χ0n) is 26.9. The molecule has 0 aliphatic rings. The van der Waals surface area contributed by atoms with E-state index in [4.69, 9.17) is 16.9 Å². The minimum atomic E-state index is -3.89. The molecule has 4 aromatic rings. The van der Waals surface area contributed by atoms with E-state index in [1.807, 2.05) is 60.7 Å². The molecular formula is C37H44N6O4S. The molecule has 10 nitrogen and oxygen atoms in total. The van der Waals surface area contributed by atoms with Crippen LogP contribution in [0.5, 0.6) is 0 Å². The lowest BCUT2D eigenvalue weighted by molar-refractivity contribution is -0.130. The van der Waals surface area contributed by atoms with Crippen LogP contribution < -0.4 is 26.8 Å². The molecule has 252 valence electrons. The average Bonchev–Trinajstić information content (AvgIpc) is 3.09. The highest BCUT2D eigenvalue weighted by Crippen LogP contribution is 2.13. The van der Waals surface area contributed by atoms with Gasteiger partial charge in [-0.1, -0.05) is 109 Å². The second-order valence-corrected chi connectivity index (χ2v) is 13.5. The summed E-state index contributed by atoms with van der Waals surface area (Å²) < 4.78 is 29.1. The van der Waals surface area contributed by atoms with Gasteiger partial charge in [-0.3, -0.25) is 15.0 Å². The third kappa shape index (κ3) is 11.8. The molecule has 2 unspecified atom stereocenters. The van der Waals surface area contributed by atoms with E-state index in [2.05, 4.69) is 15.4 Å². The maximum atomic E-state index is 13.8. The smallest absolute Gasteiger partial charge is 0.242 e. The Balaban J connectivity index is 1.50. The van der Waals surface area contributed by atoms with E-state index in [9.17, 15) is 18.0 Å². The molecule has 0 aliphatic carbocycles. The number of rotatable bonds is 18. The van der Waals surface area contributed by atoms with E-state index in [1.54, 1.807) is 48.5 Å². The number of benzene rings is 4. The number of amidine groups is 1. The zero-order chi connectivity index (χ0) is 34.4. The van der Waals surface area contributed by atoms with Gasteiger partial charge in [0.15, 0.2) is 0 Å². The molecule has 0 saturated heterocycles. The number of carbonyl (C=O) groups is 2. The molecule has 8 N–H and O–H groups in total. The molecule has 2 amide bonds. The molecule has 0 aliphatic heterocycles. The molecule has 11 heteroatoms. The number of carbonyl (C=O) groups excluding carboxylic acids is 2. The van der Waals surface area contributed by atoms with Crippen LogP contribution in [0.4, 0.5) is 0 Å². The summed E-state index contributed by atoms with van der Waals surface area (Å²) in [6.07, 6.45) is 2.24. The van der Waals surface area contributed by atoms with E-state index in [-0.39, 0.29) is 31.0 Å². The minimum Gasteiger partial charge on any atom is -0.384 e. The molecule has 4 rings (SSSR count). The largest absolute Gasteiger partial charge is 0.384 e. The molecule has 0 spiro atoms. The van der Waals surface area contributed by atoms with Crippen molar-refractivity contribution in [2.45, 2.75) is 63.0 Å². The van der Waals surface area contributed by atoms with Gasteiger partial charge in [-0.15, -0.1) is 0 Å². The van der Waals surface area contributed by atoms with Gasteiger partial charge in [-0.05, 0) is 59.9 Å². The number of sulfonamides is 1. The van der Waals surface area contributed by atoms with Crippen molar-refractivity contribution in [1.29, 1.82) is 5.41 Å². The molecular weight excluding hydrogens is 625 g/mol. The van der Waals surface area contributed by atoms with Crippen LogP contribution in [-0.2, 0) is 51.3 Å². The van der Waals surface area contributed by atoms with E-state index in [0.29, 0.717) is 36.9 Å². The number of hydrogen-bond acceptors (Lipinski definition) is 6. The normalized spacial score (nSPS) is 12.5.